The topological polar surface area (TPSA) is 149 Å². The number of rotatable bonds is 8. The van der Waals surface area contributed by atoms with Gasteiger partial charge in [0.2, 0.25) is 0 Å². The summed E-state index contributed by atoms with van der Waals surface area (Å²) < 4.78 is 0. The van der Waals surface area contributed by atoms with Crippen LogP contribution in [0.4, 0.5) is 0 Å². The van der Waals surface area contributed by atoms with Crippen LogP contribution in [0.1, 0.15) is 6.42 Å². The highest BCUT2D eigenvalue weighted by molar-refractivity contribution is 5.69. The van der Waals surface area contributed by atoms with E-state index in [2.05, 4.69) is 6.07 Å². The minimum atomic E-state index is -0.982. The van der Waals surface area contributed by atoms with E-state index in [-0.39, 0.29) is 19.6 Å². The lowest BCUT2D eigenvalue weighted by atomic mass is 10.3. The van der Waals surface area contributed by atoms with Gasteiger partial charge in [-0.05, 0) is 0 Å². The fourth-order valence-corrected chi connectivity index (χ4v) is 3.06. The summed E-state index contributed by atoms with van der Waals surface area (Å²) in [6, 6.07) is 2.09. The summed E-state index contributed by atoms with van der Waals surface area (Å²) in [7, 11) is 0. The van der Waals surface area contributed by atoms with Crippen LogP contribution in [-0.4, -0.2) is 131 Å². The van der Waals surface area contributed by atoms with E-state index >= 15 is 0 Å². The molecular formula is C17H29N5O6. The maximum absolute atomic E-state index is 11.1. The molecule has 0 radical (unpaired) electrons. The van der Waals surface area contributed by atoms with Gasteiger partial charge in [0.1, 0.15) is 0 Å². The van der Waals surface area contributed by atoms with Gasteiger partial charge in [0.15, 0.2) is 0 Å². The predicted octanol–water partition coefficient (Wildman–Crippen LogP) is -1.62. The molecule has 3 N–H and O–H groups in total. The molecule has 11 nitrogen and oxygen atoms in total. The molecule has 0 aromatic rings. The first-order valence-corrected chi connectivity index (χ1v) is 9.22. The Morgan fingerprint density at radius 2 is 0.929 bits per heavy atom. The van der Waals surface area contributed by atoms with Crippen molar-refractivity contribution in [3.05, 3.63) is 0 Å². The van der Waals surface area contributed by atoms with Crippen LogP contribution in [0.15, 0.2) is 0 Å². The molecule has 0 spiro atoms. The lowest BCUT2D eigenvalue weighted by Crippen LogP contribution is -2.48. The average Bonchev–Trinajstić information content (AvgIpc) is 2.59. The zero-order chi connectivity index (χ0) is 20.9. The van der Waals surface area contributed by atoms with E-state index in [1.807, 2.05) is 4.90 Å². The van der Waals surface area contributed by atoms with E-state index in [1.54, 1.807) is 14.7 Å². The molecule has 1 saturated heterocycles. The van der Waals surface area contributed by atoms with E-state index < -0.39 is 17.9 Å². The van der Waals surface area contributed by atoms with Gasteiger partial charge < -0.3 is 15.3 Å². The first-order valence-electron chi connectivity index (χ1n) is 9.22. The Balaban J connectivity index is 2.87. The Bertz CT molecular complexity index is 535. The quantitative estimate of drug-likeness (QED) is 0.432. The van der Waals surface area contributed by atoms with Crippen LogP contribution in [0.5, 0.6) is 0 Å². The Morgan fingerprint density at radius 1 is 0.643 bits per heavy atom. The summed E-state index contributed by atoms with van der Waals surface area (Å²) in [6.45, 7) is 3.64. The van der Waals surface area contributed by atoms with Gasteiger partial charge in [0.05, 0.1) is 25.7 Å². The highest BCUT2D eigenvalue weighted by Gasteiger charge is 2.19. The second-order valence-electron chi connectivity index (χ2n) is 6.76. The summed E-state index contributed by atoms with van der Waals surface area (Å²) in [4.78, 5) is 40.6. The van der Waals surface area contributed by atoms with Gasteiger partial charge in [0, 0.05) is 65.3 Å². The molecule has 1 fully saturated rings. The minimum Gasteiger partial charge on any atom is -0.480 e. The zero-order valence-corrected chi connectivity index (χ0v) is 16.0. The van der Waals surface area contributed by atoms with Crippen LogP contribution in [0.2, 0.25) is 0 Å². The number of hydrogen-bond donors (Lipinski definition) is 3. The first kappa shape index (κ1) is 23.8. The van der Waals surface area contributed by atoms with Crippen molar-refractivity contribution in [2.24, 2.45) is 0 Å². The van der Waals surface area contributed by atoms with E-state index in [4.69, 9.17) is 20.6 Å². The Labute approximate surface area is 164 Å². The number of aliphatic carboxylic acids is 3. The molecule has 11 heteroatoms. The number of hydrogen-bond acceptors (Lipinski definition) is 8. The third-order valence-corrected chi connectivity index (χ3v) is 4.55. The highest BCUT2D eigenvalue weighted by Crippen LogP contribution is 2.02. The normalized spacial score (nSPS) is 19.2. The summed E-state index contributed by atoms with van der Waals surface area (Å²) in [5.74, 6) is -2.88. The van der Waals surface area contributed by atoms with Crippen LogP contribution >= 0.6 is 0 Å². The third-order valence-electron chi connectivity index (χ3n) is 4.55. The fourth-order valence-electron chi connectivity index (χ4n) is 3.06. The lowest BCUT2D eigenvalue weighted by Gasteiger charge is -2.32. The molecule has 0 unspecified atom stereocenters. The van der Waals surface area contributed by atoms with E-state index in [0.29, 0.717) is 65.3 Å². The van der Waals surface area contributed by atoms with Gasteiger partial charge in [-0.25, -0.2) is 0 Å². The van der Waals surface area contributed by atoms with Crippen molar-refractivity contribution in [1.82, 2.24) is 19.6 Å². The van der Waals surface area contributed by atoms with Gasteiger partial charge in [-0.1, -0.05) is 0 Å². The summed E-state index contributed by atoms with van der Waals surface area (Å²) in [5.41, 5.74) is 0. The van der Waals surface area contributed by atoms with Crippen LogP contribution in [0.25, 0.3) is 0 Å². The standard InChI is InChI=1S/C17H29N5O6/c18-2-1-3-19-4-6-20(12-15(23)24)8-10-22(14-17(27)28)11-9-21(7-5-19)13-16(25)26/h1,3-14H2,(H,23,24)(H,25,26)(H,27,28). The number of carbonyl (C=O) groups is 3. The zero-order valence-electron chi connectivity index (χ0n) is 16.0. The summed E-state index contributed by atoms with van der Waals surface area (Å²) >= 11 is 0. The Morgan fingerprint density at radius 3 is 1.18 bits per heavy atom. The molecule has 0 aliphatic carbocycles. The number of carboxylic acid groups (broad SMARTS) is 3. The SMILES string of the molecule is N#CCCN1CCN(CC(=O)O)CCN(CC(=O)O)CCN(CC(=O)O)CC1. The Kier molecular flexibility index (Phi) is 11.0. The van der Waals surface area contributed by atoms with E-state index in [9.17, 15) is 14.4 Å². The van der Waals surface area contributed by atoms with Gasteiger partial charge >= 0.3 is 17.9 Å². The largest absolute Gasteiger partial charge is 0.480 e. The monoisotopic (exact) mass is 399 g/mol. The van der Waals surface area contributed by atoms with Gasteiger partial charge in [0.25, 0.3) is 0 Å². The van der Waals surface area contributed by atoms with E-state index in [1.165, 1.54) is 0 Å². The minimum absolute atomic E-state index is 0.141. The molecule has 0 bridgehead atoms. The lowest BCUT2D eigenvalue weighted by molar-refractivity contribution is -0.140. The van der Waals surface area contributed by atoms with Crippen molar-refractivity contribution in [1.29, 1.82) is 5.26 Å². The van der Waals surface area contributed by atoms with Gasteiger partial charge in [-0.3, -0.25) is 34.0 Å². The molecule has 0 aromatic carbocycles. The molecule has 28 heavy (non-hydrogen) atoms. The van der Waals surface area contributed by atoms with Crippen molar-refractivity contribution < 1.29 is 29.7 Å². The van der Waals surface area contributed by atoms with Crippen molar-refractivity contribution >= 4 is 17.9 Å². The second-order valence-corrected chi connectivity index (χ2v) is 6.76. The molecular weight excluding hydrogens is 370 g/mol. The Hall–Kier alpha value is -2.26. The van der Waals surface area contributed by atoms with Gasteiger partial charge in [-0.15, -0.1) is 0 Å². The average molecular weight is 399 g/mol. The predicted molar refractivity (Wildman–Crippen MR) is 98.9 cm³/mol. The molecule has 1 aliphatic heterocycles. The smallest absolute Gasteiger partial charge is 0.317 e. The number of nitriles is 1. The summed E-state index contributed by atoms with van der Waals surface area (Å²) in [5, 5.41) is 36.2. The third kappa shape index (κ3) is 10.8. The van der Waals surface area contributed by atoms with Crippen LogP contribution in [-0.2, 0) is 14.4 Å². The molecule has 158 valence electrons. The molecule has 1 heterocycles. The first-order chi connectivity index (χ1) is 13.3. The highest BCUT2D eigenvalue weighted by atomic mass is 16.4. The number of nitrogens with zero attached hydrogens (tertiary/aromatic N) is 5. The van der Waals surface area contributed by atoms with Crippen molar-refractivity contribution in [2.45, 2.75) is 6.42 Å². The maximum atomic E-state index is 11.1. The molecule has 0 aromatic heterocycles. The fraction of sp³-hybridized carbons (Fsp3) is 0.765. The van der Waals surface area contributed by atoms with Crippen molar-refractivity contribution in [2.75, 3.05) is 78.5 Å². The summed E-state index contributed by atoms with van der Waals surface area (Å²) in [6.07, 6.45) is 0.338. The molecule has 1 aliphatic rings. The molecule has 1 rings (SSSR count). The second kappa shape index (κ2) is 13.0. The van der Waals surface area contributed by atoms with E-state index in [0.717, 1.165) is 0 Å². The number of carboxylic acids is 3. The van der Waals surface area contributed by atoms with Crippen LogP contribution < -0.4 is 0 Å². The van der Waals surface area contributed by atoms with Crippen LogP contribution in [0.3, 0.4) is 0 Å². The maximum Gasteiger partial charge on any atom is 0.317 e. The van der Waals surface area contributed by atoms with Gasteiger partial charge in [-0.2, -0.15) is 5.26 Å². The molecule has 0 atom stereocenters. The molecule has 0 amide bonds. The van der Waals surface area contributed by atoms with Crippen molar-refractivity contribution in [3.8, 4) is 6.07 Å². The molecule has 0 saturated carbocycles. The van der Waals surface area contributed by atoms with Crippen LogP contribution in [0, 0.1) is 11.3 Å². The van der Waals surface area contributed by atoms with Crippen molar-refractivity contribution in [3.63, 3.8) is 0 Å².